The fourth-order valence-corrected chi connectivity index (χ4v) is 1.61. The third-order valence-corrected chi connectivity index (χ3v) is 2.11. The minimum absolute atomic E-state index is 0.707. The molecule has 13 heavy (non-hydrogen) atoms. The lowest BCUT2D eigenvalue weighted by atomic mass is 10.3. The third kappa shape index (κ3) is 4.24. The van der Waals surface area contributed by atoms with E-state index in [0.717, 1.165) is 17.9 Å². The minimum Gasteiger partial charge on any atom is -0.233 e. The van der Waals surface area contributed by atoms with Crippen LogP contribution in [0.1, 0.15) is 19.8 Å². The SMILES string of the molecule is CCCCNN1C=C(S)CN(S)N1. The second kappa shape index (κ2) is 5.77. The maximum Gasteiger partial charge on any atom is 0.0583 e. The highest BCUT2D eigenvalue weighted by atomic mass is 32.1. The molecule has 0 spiro atoms. The zero-order valence-corrected chi connectivity index (χ0v) is 9.48. The first kappa shape index (κ1) is 11.2. The minimum atomic E-state index is 0.707. The molecule has 6 heteroatoms. The number of nitrogens with zero attached hydrogens (tertiary/aromatic N) is 2. The smallest absolute Gasteiger partial charge is 0.0583 e. The summed E-state index contributed by atoms with van der Waals surface area (Å²) in [6, 6.07) is 0. The Morgan fingerprint density at radius 3 is 3.08 bits per heavy atom. The van der Waals surface area contributed by atoms with Crippen LogP contribution in [0.3, 0.4) is 0 Å². The van der Waals surface area contributed by atoms with E-state index in [-0.39, 0.29) is 0 Å². The molecule has 0 fully saturated rings. The molecule has 0 aliphatic carbocycles. The average molecular weight is 220 g/mol. The van der Waals surface area contributed by atoms with Gasteiger partial charge in [-0.2, -0.15) is 4.41 Å². The number of rotatable bonds is 4. The summed E-state index contributed by atoms with van der Waals surface area (Å²) in [6.45, 7) is 3.82. The summed E-state index contributed by atoms with van der Waals surface area (Å²) < 4.78 is 1.67. The monoisotopic (exact) mass is 220 g/mol. The molecule has 0 radical (unpaired) electrons. The standard InChI is InChI=1S/C7H16N4S2/c1-2-3-4-8-10-5-7(12)6-11(13)9-10/h5,8-9,12-13H,2-4,6H2,1H3. The Morgan fingerprint density at radius 1 is 1.69 bits per heavy atom. The van der Waals surface area contributed by atoms with E-state index in [2.05, 4.69) is 43.3 Å². The summed E-state index contributed by atoms with van der Waals surface area (Å²) in [5.41, 5.74) is 6.19. The number of hydrogen-bond donors (Lipinski definition) is 4. The van der Waals surface area contributed by atoms with Gasteiger partial charge in [0.2, 0.25) is 0 Å². The van der Waals surface area contributed by atoms with Crippen LogP contribution >= 0.6 is 25.4 Å². The van der Waals surface area contributed by atoms with E-state index < -0.39 is 0 Å². The summed E-state index contributed by atoms with van der Waals surface area (Å²) >= 11 is 8.45. The number of thiol groups is 2. The van der Waals surface area contributed by atoms with Gasteiger partial charge in [-0.25, -0.2) is 10.5 Å². The van der Waals surface area contributed by atoms with Gasteiger partial charge in [0.25, 0.3) is 0 Å². The zero-order chi connectivity index (χ0) is 9.68. The molecule has 4 nitrogen and oxygen atoms in total. The van der Waals surface area contributed by atoms with Crippen molar-refractivity contribution in [2.24, 2.45) is 0 Å². The molecule has 1 rings (SSSR count). The van der Waals surface area contributed by atoms with Crippen molar-refractivity contribution in [3.05, 3.63) is 11.1 Å². The molecule has 0 aromatic rings. The molecule has 1 aliphatic heterocycles. The molecule has 1 aliphatic rings. The number of unbranched alkanes of at least 4 members (excludes halogenated alkanes) is 1. The van der Waals surface area contributed by atoms with Gasteiger partial charge in [-0.15, -0.1) is 18.2 Å². The molecule has 0 aromatic heterocycles. The highest BCUT2D eigenvalue weighted by Gasteiger charge is 2.11. The molecule has 0 unspecified atom stereocenters. The lowest BCUT2D eigenvalue weighted by Gasteiger charge is -2.31. The van der Waals surface area contributed by atoms with E-state index >= 15 is 0 Å². The van der Waals surface area contributed by atoms with Crippen molar-refractivity contribution in [1.82, 2.24) is 20.5 Å². The van der Waals surface area contributed by atoms with Gasteiger partial charge >= 0.3 is 0 Å². The second-order valence-electron chi connectivity index (χ2n) is 2.91. The van der Waals surface area contributed by atoms with Gasteiger partial charge in [-0.1, -0.05) is 26.2 Å². The van der Waals surface area contributed by atoms with Crippen molar-refractivity contribution >= 4 is 25.4 Å². The topological polar surface area (TPSA) is 30.5 Å². The Morgan fingerprint density at radius 2 is 2.46 bits per heavy atom. The Kier molecular flexibility index (Phi) is 4.97. The highest BCUT2D eigenvalue weighted by molar-refractivity contribution is 7.84. The predicted molar refractivity (Wildman–Crippen MR) is 60.6 cm³/mol. The molecule has 0 amide bonds. The first-order chi connectivity index (χ1) is 6.22. The van der Waals surface area contributed by atoms with Gasteiger partial charge in [-0.3, -0.25) is 0 Å². The molecule has 0 saturated heterocycles. The number of nitrogens with one attached hydrogen (secondary N) is 2. The van der Waals surface area contributed by atoms with Gasteiger partial charge in [0.05, 0.1) is 6.54 Å². The second-order valence-corrected chi connectivity index (χ2v) is 3.97. The van der Waals surface area contributed by atoms with Crippen molar-refractivity contribution in [2.75, 3.05) is 13.1 Å². The van der Waals surface area contributed by atoms with E-state index in [1.54, 1.807) is 9.53 Å². The molecule has 0 saturated carbocycles. The maximum atomic E-state index is 4.27. The van der Waals surface area contributed by atoms with Crippen molar-refractivity contribution in [2.45, 2.75) is 19.8 Å². The van der Waals surface area contributed by atoms with Crippen LogP contribution in [0.2, 0.25) is 0 Å². The molecule has 0 bridgehead atoms. The molecule has 76 valence electrons. The van der Waals surface area contributed by atoms with Crippen molar-refractivity contribution in [3.63, 3.8) is 0 Å². The largest absolute Gasteiger partial charge is 0.233 e. The van der Waals surface area contributed by atoms with E-state index in [1.165, 1.54) is 6.42 Å². The predicted octanol–water partition coefficient (Wildman–Crippen LogP) is 0.944. The van der Waals surface area contributed by atoms with E-state index in [1.807, 2.05) is 6.20 Å². The zero-order valence-electron chi connectivity index (χ0n) is 7.69. The van der Waals surface area contributed by atoms with Gasteiger partial charge < -0.3 is 0 Å². The Balaban J connectivity index is 2.29. The fourth-order valence-electron chi connectivity index (χ4n) is 0.989. The Hall–Kier alpha value is 0.120. The van der Waals surface area contributed by atoms with Crippen LogP contribution in [-0.4, -0.2) is 22.6 Å². The summed E-state index contributed by atoms with van der Waals surface area (Å²) in [4.78, 5) is 0.970. The number of hydrazine groups is 3. The van der Waals surface area contributed by atoms with Crippen LogP contribution in [0.4, 0.5) is 0 Å². The molecule has 1 heterocycles. The maximum absolute atomic E-state index is 4.27. The van der Waals surface area contributed by atoms with E-state index in [9.17, 15) is 0 Å². The van der Waals surface area contributed by atoms with Gasteiger partial charge in [-0.05, 0) is 6.42 Å². The van der Waals surface area contributed by atoms with Gasteiger partial charge in [0.1, 0.15) is 0 Å². The first-order valence-electron chi connectivity index (χ1n) is 4.37. The molecule has 0 aromatic carbocycles. The van der Waals surface area contributed by atoms with Gasteiger partial charge in [0, 0.05) is 17.6 Å². The van der Waals surface area contributed by atoms with Crippen molar-refractivity contribution in [1.29, 1.82) is 0 Å². The molecular weight excluding hydrogens is 204 g/mol. The normalized spacial score (nSPS) is 19.0. The molecular formula is C7H16N4S2. The molecule has 2 N–H and O–H groups in total. The van der Waals surface area contributed by atoms with Crippen LogP contribution in [0, 0.1) is 0 Å². The van der Waals surface area contributed by atoms with Crippen molar-refractivity contribution in [3.8, 4) is 0 Å². The van der Waals surface area contributed by atoms with Crippen LogP contribution in [0.15, 0.2) is 11.1 Å². The van der Waals surface area contributed by atoms with Crippen molar-refractivity contribution < 1.29 is 0 Å². The fraction of sp³-hybridized carbons (Fsp3) is 0.714. The van der Waals surface area contributed by atoms with Crippen LogP contribution < -0.4 is 11.0 Å². The van der Waals surface area contributed by atoms with Crippen LogP contribution in [-0.2, 0) is 0 Å². The van der Waals surface area contributed by atoms with Gasteiger partial charge in [0.15, 0.2) is 0 Å². The summed E-state index contributed by atoms with van der Waals surface area (Å²) in [6.07, 6.45) is 4.24. The lowest BCUT2D eigenvalue weighted by Crippen LogP contribution is -2.53. The van der Waals surface area contributed by atoms with E-state index in [4.69, 9.17) is 0 Å². The molecule has 0 atom stereocenters. The number of hydrogen-bond acceptors (Lipinski definition) is 6. The Labute approximate surface area is 90.2 Å². The quantitative estimate of drug-likeness (QED) is 0.420. The van der Waals surface area contributed by atoms with Crippen LogP contribution in [0.5, 0.6) is 0 Å². The highest BCUT2D eigenvalue weighted by Crippen LogP contribution is 2.09. The van der Waals surface area contributed by atoms with E-state index in [0.29, 0.717) is 6.54 Å². The lowest BCUT2D eigenvalue weighted by molar-refractivity contribution is 0.0837. The third-order valence-electron chi connectivity index (χ3n) is 1.63. The average Bonchev–Trinajstić information content (AvgIpc) is 2.03. The Bertz CT molecular complexity index is 185. The van der Waals surface area contributed by atoms with Crippen LogP contribution in [0.25, 0.3) is 0 Å². The summed E-state index contributed by atoms with van der Waals surface area (Å²) in [5, 5.41) is 1.77. The first-order valence-corrected chi connectivity index (χ1v) is 5.22. The summed E-state index contributed by atoms with van der Waals surface area (Å²) in [5.74, 6) is 0. The summed E-state index contributed by atoms with van der Waals surface area (Å²) in [7, 11) is 0.